The largest absolute Gasteiger partial charge is 0.478 e. The number of carbonyl (C=O) groups is 2. The first-order valence-electron chi connectivity index (χ1n) is 4.79. The van der Waals surface area contributed by atoms with Crippen LogP contribution in [0.15, 0.2) is 12.2 Å². The summed E-state index contributed by atoms with van der Waals surface area (Å²) >= 11 is 0. The molecule has 2 N–H and O–H groups in total. The van der Waals surface area contributed by atoms with Gasteiger partial charge in [-0.1, -0.05) is 13.8 Å². The van der Waals surface area contributed by atoms with Crippen LogP contribution in [0, 0.1) is 5.92 Å². The van der Waals surface area contributed by atoms with E-state index < -0.39 is 11.9 Å². The van der Waals surface area contributed by atoms with Crippen molar-refractivity contribution in [1.29, 1.82) is 0 Å². The maximum Gasteiger partial charge on any atom is 0.328 e. The van der Waals surface area contributed by atoms with Crippen LogP contribution in [0.5, 0.6) is 0 Å². The topological polar surface area (TPSA) is 75.6 Å². The highest BCUT2D eigenvalue weighted by atomic mass is 16.5. The number of aliphatic carboxylic acids is 1. The van der Waals surface area contributed by atoms with Gasteiger partial charge >= 0.3 is 5.97 Å². The lowest BCUT2D eigenvalue weighted by atomic mass is 10.2. The molecule has 0 rings (SSSR count). The molecule has 0 unspecified atom stereocenters. The molecule has 86 valence electrons. The zero-order valence-electron chi connectivity index (χ0n) is 9.03. The Morgan fingerprint density at radius 3 is 2.60 bits per heavy atom. The number of amides is 1. The molecular formula is C10H17NO4. The predicted octanol–water partition coefficient (Wildman–Crippen LogP) is 0.416. The van der Waals surface area contributed by atoms with Gasteiger partial charge in [-0.2, -0.15) is 0 Å². The number of carbonyl (C=O) groups excluding carboxylic acids is 1. The number of ether oxygens (including phenoxy) is 1. The maximum absolute atomic E-state index is 10.9. The molecule has 0 aliphatic heterocycles. The van der Waals surface area contributed by atoms with Gasteiger partial charge in [0.05, 0.1) is 6.61 Å². The van der Waals surface area contributed by atoms with Crippen LogP contribution in [0.1, 0.15) is 13.8 Å². The number of nitrogens with one attached hydrogen (secondary N) is 1. The molecule has 0 atom stereocenters. The van der Waals surface area contributed by atoms with E-state index in [0.29, 0.717) is 25.7 Å². The van der Waals surface area contributed by atoms with Crippen LogP contribution < -0.4 is 5.32 Å². The first-order chi connectivity index (χ1) is 7.02. The normalized spacial score (nSPS) is 10.9. The summed E-state index contributed by atoms with van der Waals surface area (Å²) < 4.78 is 5.22. The van der Waals surface area contributed by atoms with Crippen molar-refractivity contribution < 1.29 is 19.4 Å². The molecule has 0 radical (unpaired) electrons. The Balaban J connectivity index is 3.43. The molecule has 0 aromatic heterocycles. The Kier molecular flexibility index (Phi) is 7.27. The van der Waals surface area contributed by atoms with Crippen molar-refractivity contribution in [1.82, 2.24) is 5.32 Å². The van der Waals surface area contributed by atoms with Gasteiger partial charge in [0.2, 0.25) is 5.91 Å². The molecule has 0 saturated heterocycles. The van der Waals surface area contributed by atoms with Crippen LogP contribution in [0.2, 0.25) is 0 Å². The fourth-order valence-corrected chi connectivity index (χ4v) is 0.771. The first-order valence-corrected chi connectivity index (χ1v) is 4.79. The van der Waals surface area contributed by atoms with Crippen LogP contribution in [0.4, 0.5) is 0 Å². The summed E-state index contributed by atoms with van der Waals surface area (Å²) in [5.41, 5.74) is 0. The second-order valence-corrected chi connectivity index (χ2v) is 3.43. The quantitative estimate of drug-likeness (QED) is 0.476. The summed E-state index contributed by atoms with van der Waals surface area (Å²) in [5, 5.41) is 10.7. The highest BCUT2D eigenvalue weighted by Gasteiger charge is 1.97. The highest BCUT2D eigenvalue weighted by molar-refractivity contribution is 5.93. The summed E-state index contributed by atoms with van der Waals surface area (Å²) in [4.78, 5) is 21.0. The summed E-state index contributed by atoms with van der Waals surface area (Å²) in [5.74, 6) is -1.10. The van der Waals surface area contributed by atoms with E-state index in [0.717, 1.165) is 12.2 Å². The molecule has 0 aromatic carbocycles. The van der Waals surface area contributed by atoms with Crippen molar-refractivity contribution >= 4 is 11.9 Å². The van der Waals surface area contributed by atoms with E-state index in [-0.39, 0.29) is 0 Å². The van der Waals surface area contributed by atoms with Gasteiger partial charge in [-0.25, -0.2) is 4.79 Å². The second kappa shape index (κ2) is 7.99. The van der Waals surface area contributed by atoms with Gasteiger partial charge < -0.3 is 15.2 Å². The van der Waals surface area contributed by atoms with Gasteiger partial charge in [0, 0.05) is 25.3 Å². The van der Waals surface area contributed by atoms with Crippen molar-refractivity contribution in [2.24, 2.45) is 5.92 Å². The Bertz CT molecular complexity index is 236. The van der Waals surface area contributed by atoms with Gasteiger partial charge in [-0.3, -0.25) is 4.79 Å². The average Bonchev–Trinajstić information content (AvgIpc) is 2.13. The van der Waals surface area contributed by atoms with E-state index in [4.69, 9.17) is 9.84 Å². The third-order valence-electron chi connectivity index (χ3n) is 1.37. The van der Waals surface area contributed by atoms with E-state index in [2.05, 4.69) is 5.32 Å². The van der Waals surface area contributed by atoms with E-state index >= 15 is 0 Å². The van der Waals surface area contributed by atoms with Gasteiger partial charge in [0.1, 0.15) is 0 Å². The average molecular weight is 215 g/mol. The standard InChI is InChI=1S/C10H17NO4/c1-8(2)7-15-6-5-11-9(12)3-4-10(13)14/h3-4,8H,5-7H2,1-2H3,(H,11,12)(H,13,14)/b4-3+. The molecule has 15 heavy (non-hydrogen) atoms. The molecule has 0 heterocycles. The third kappa shape index (κ3) is 10.6. The van der Waals surface area contributed by atoms with Crippen molar-refractivity contribution in [3.05, 3.63) is 12.2 Å². The fourth-order valence-electron chi connectivity index (χ4n) is 0.771. The predicted molar refractivity (Wildman–Crippen MR) is 55.4 cm³/mol. The number of carboxylic acid groups (broad SMARTS) is 1. The van der Waals surface area contributed by atoms with Gasteiger partial charge in [0.25, 0.3) is 0 Å². The Morgan fingerprint density at radius 2 is 2.07 bits per heavy atom. The Hall–Kier alpha value is -1.36. The number of rotatable bonds is 7. The van der Waals surface area contributed by atoms with Crippen molar-refractivity contribution in [2.45, 2.75) is 13.8 Å². The fraction of sp³-hybridized carbons (Fsp3) is 0.600. The SMILES string of the molecule is CC(C)COCCNC(=O)/C=C/C(=O)O. The summed E-state index contributed by atoms with van der Waals surface area (Å²) in [7, 11) is 0. The van der Waals surface area contributed by atoms with Crippen molar-refractivity contribution in [2.75, 3.05) is 19.8 Å². The van der Waals surface area contributed by atoms with E-state index in [1.807, 2.05) is 13.8 Å². The van der Waals surface area contributed by atoms with Crippen LogP contribution in [-0.2, 0) is 14.3 Å². The van der Waals surface area contributed by atoms with Crippen molar-refractivity contribution in [3.63, 3.8) is 0 Å². The smallest absolute Gasteiger partial charge is 0.328 e. The molecule has 0 spiro atoms. The zero-order valence-corrected chi connectivity index (χ0v) is 9.03. The monoisotopic (exact) mass is 215 g/mol. The van der Waals surface area contributed by atoms with Gasteiger partial charge in [-0.05, 0) is 5.92 Å². The molecule has 0 aromatic rings. The lowest BCUT2D eigenvalue weighted by molar-refractivity contribution is -0.131. The van der Waals surface area contributed by atoms with Gasteiger partial charge in [-0.15, -0.1) is 0 Å². The first kappa shape index (κ1) is 13.6. The van der Waals surface area contributed by atoms with Crippen LogP contribution in [-0.4, -0.2) is 36.7 Å². The molecule has 1 amide bonds. The minimum absolute atomic E-state index is 0.384. The maximum atomic E-state index is 10.9. The summed E-state index contributed by atoms with van der Waals surface area (Å²) in [6.45, 7) is 5.55. The van der Waals surface area contributed by atoms with E-state index in [9.17, 15) is 9.59 Å². The van der Waals surface area contributed by atoms with Crippen molar-refractivity contribution in [3.8, 4) is 0 Å². The third-order valence-corrected chi connectivity index (χ3v) is 1.37. The zero-order chi connectivity index (χ0) is 11.7. The lowest BCUT2D eigenvalue weighted by Gasteiger charge is -2.06. The van der Waals surface area contributed by atoms with Crippen LogP contribution in [0.25, 0.3) is 0 Å². The molecule has 5 heteroatoms. The lowest BCUT2D eigenvalue weighted by Crippen LogP contribution is -2.26. The number of hydrogen-bond acceptors (Lipinski definition) is 3. The molecule has 0 fully saturated rings. The minimum atomic E-state index is -1.14. The molecule has 0 aliphatic carbocycles. The van der Waals surface area contributed by atoms with E-state index in [1.54, 1.807) is 0 Å². The molecule has 0 bridgehead atoms. The second-order valence-electron chi connectivity index (χ2n) is 3.43. The summed E-state index contributed by atoms with van der Waals surface area (Å²) in [6.07, 6.45) is 1.77. The molecular weight excluding hydrogens is 198 g/mol. The molecule has 0 saturated carbocycles. The highest BCUT2D eigenvalue weighted by Crippen LogP contribution is 1.90. The summed E-state index contributed by atoms with van der Waals surface area (Å²) in [6, 6.07) is 0. The number of hydrogen-bond donors (Lipinski definition) is 2. The van der Waals surface area contributed by atoms with E-state index in [1.165, 1.54) is 0 Å². The van der Waals surface area contributed by atoms with Gasteiger partial charge in [0.15, 0.2) is 0 Å². The Labute approximate surface area is 89.1 Å². The molecule has 0 aliphatic rings. The van der Waals surface area contributed by atoms with Crippen LogP contribution in [0.3, 0.4) is 0 Å². The Morgan fingerprint density at radius 1 is 1.40 bits per heavy atom. The minimum Gasteiger partial charge on any atom is -0.478 e. The van der Waals surface area contributed by atoms with Crippen LogP contribution >= 0.6 is 0 Å². The number of carboxylic acids is 1. The molecule has 5 nitrogen and oxygen atoms in total.